The highest BCUT2D eigenvalue weighted by Crippen LogP contribution is 2.28. The van der Waals surface area contributed by atoms with Gasteiger partial charge in [0.2, 0.25) is 0 Å². The number of piperidine rings is 1. The van der Waals surface area contributed by atoms with Crippen LogP contribution in [-0.2, 0) is 4.74 Å². The predicted octanol–water partition coefficient (Wildman–Crippen LogP) is 2.49. The van der Waals surface area contributed by atoms with Crippen molar-refractivity contribution in [1.29, 1.82) is 5.26 Å². The molecule has 1 unspecified atom stereocenters. The Bertz CT molecular complexity index is 822. The lowest BCUT2D eigenvalue weighted by molar-refractivity contribution is 0.00448. The second-order valence-electron chi connectivity index (χ2n) is 7.24. The van der Waals surface area contributed by atoms with E-state index in [-0.39, 0.29) is 0 Å². The summed E-state index contributed by atoms with van der Waals surface area (Å²) in [5.74, 6) is 2.35. The molecule has 2 aliphatic heterocycles. The second kappa shape index (κ2) is 8.82. The van der Waals surface area contributed by atoms with Crippen LogP contribution in [0.15, 0.2) is 18.6 Å². The quantitative estimate of drug-likeness (QED) is 0.820. The largest absolute Gasteiger partial charge is 0.379 e. The molecular weight excluding hydrogens is 374 g/mol. The van der Waals surface area contributed by atoms with Crippen LogP contribution in [0.3, 0.4) is 0 Å². The van der Waals surface area contributed by atoms with Crippen molar-refractivity contribution in [3.8, 4) is 6.07 Å². The SMILES string of the molecule is CC(C1CCN(c2cc(Nc3ncc(C#N)s3)ncn2)CC1)N1CCOCC1. The first-order valence-electron chi connectivity index (χ1n) is 9.74. The van der Waals surface area contributed by atoms with E-state index in [1.165, 1.54) is 24.2 Å². The monoisotopic (exact) mass is 399 g/mol. The molecule has 9 heteroatoms. The van der Waals surface area contributed by atoms with E-state index >= 15 is 0 Å². The fourth-order valence-electron chi connectivity index (χ4n) is 3.98. The van der Waals surface area contributed by atoms with E-state index in [0.717, 1.165) is 45.2 Å². The van der Waals surface area contributed by atoms with Crippen LogP contribution in [0.5, 0.6) is 0 Å². The highest BCUT2D eigenvalue weighted by molar-refractivity contribution is 7.16. The molecule has 28 heavy (non-hydrogen) atoms. The summed E-state index contributed by atoms with van der Waals surface area (Å²) in [6, 6.07) is 4.66. The topological polar surface area (TPSA) is 90.2 Å². The van der Waals surface area contributed by atoms with Gasteiger partial charge in [0.25, 0.3) is 0 Å². The molecule has 4 heterocycles. The molecule has 2 saturated heterocycles. The standard InChI is InChI=1S/C19H25N7OS/c1-14(25-6-8-27-9-7-25)15-2-4-26(5-3-15)18-10-17(22-13-23-18)24-19-21-12-16(11-20)28-19/h10,12-15H,2-9H2,1H3,(H,21,22,23,24). The van der Waals surface area contributed by atoms with E-state index in [9.17, 15) is 0 Å². The van der Waals surface area contributed by atoms with Gasteiger partial charge in [-0.3, -0.25) is 4.90 Å². The molecule has 4 rings (SSSR count). The zero-order valence-electron chi connectivity index (χ0n) is 16.0. The first-order chi connectivity index (χ1) is 13.7. The van der Waals surface area contributed by atoms with Gasteiger partial charge >= 0.3 is 0 Å². The molecule has 2 aliphatic rings. The summed E-state index contributed by atoms with van der Waals surface area (Å²) in [5.41, 5.74) is 0. The predicted molar refractivity (Wildman–Crippen MR) is 109 cm³/mol. The third-order valence-corrected chi connectivity index (χ3v) is 6.49. The fourth-order valence-corrected chi connectivity index (χ4v) is 4.60. The minimum absolute atomic E-state index is 0.577. The summed E-state index contributed by atoms with van der Waals surface area (Å²) >= 11 is 1.32. The lowest BCUT2D eigenvalue weighted by atomic mass is 9.89. The third kappa shape index (κ3) is 4.41. The molecule has 1 atom stereocenters. The molecule has 0 spiro atoms. The van der Waals surface area contributed by atoms with E-state index in [4.69, 9.17) is 10.00 Å². The number of nitriles is 1. The lowest BCUT2D eigenvalue weighted by Gasteiger charge is -2.41. The molecule has 0 bridgehead atoms. The average Bonchev–Trinajstić information content (AvgIpc) is 3.22. The Balaban J connectivity index is 1.34. The first kappa shape index (κ1) is 19.1. The minimum atomic E-state index is 0.577. The molecule has 1 N–H and O–H groups in total. The Morgan fingerprint density at radius 2 is 2.00 bits per heavy atom. The van der Waals surface area contributed by atoms with Gasteiger partial charge in [-0.05, 0) is 25.7 Å². The van der Waals surface area contributed by atoms with Gasteiger partial charge in [0, 0.05) is 38.3 Å². The summed E-state index contributed by atoms with van der Waals surface area (Å²) < 4.78 is 5.48. The van der Waals surface area contributed by atoms with Gasteiger partial charge in [-0.2, -0.15) is 5.26 Å². The maximum atomic E-state index is 8.93. The highest BCUT2D eigenvalue weighted by atomic mass is 32.1. The average molecular weight is 400 g/mol. The van der Waals surface area contributed by atoms with Crippen LogP contribution in [0.2, 0.25) is 0 Å². The molecule has 2 aromatic rings. The molecule has 0 radical (unpaired) electrons. The van der Waals surface area contributed by atoms with E-state index in [2.05, 4.69) is 43.1 Å². The maximum absolute atomic E-state index is 8.93. The number of nitrogens with zero attached hydrogens (tertiary/aromatic N) is 6. The van der Waals surface area contributed by atoms with Crippen molar-refractivity contribution >= 4 is 28.1 Å². The van der Waals surface area contributed by atoms with E-state index in [1.54, 1.807) is 12.5 Å². The van der Waals surface area contributed by atoms with Crippen LogP contribution in [0.25, 0.3) is 0 Å². The van der Waals surface area contributed by atoms with Crippen molar-refractivity contribution in [1.82, 2.24) is 19.9 Å². The van der Waals surface area contributed by atoms with Crippen LogP contribution < -0.4 is 10.2 Å². The molecule has 0 aliphatic carbocycles. The summed E-state index contributed by atoms with van der Waals surface area (Å²) in [6.45, 7) is 8.18. The summed E-state index contributed by atoms with van der Waals surface area (Å²) in [7, 11) is 0. The normalized spacial score (nSPS) is 19.9. The molecule has 0 aromatic carbocycles. The van der Waals surface area contributed by atoms with Crippen molar-refractivity contribution in [3.05, 3.63) is 23.5 Å². The third-order valence-electron chi connectivity index (χ3n) is 5.67. The van der Waals surface area contributed by atoms with Gasteiger partial charge < -0.3 is 15.0 Å². The molecular formula is C19H25N7OS. The Morgan fingerprint density at radius 3 is 2.71 bits per heavy atom. The minimum Gasteiger partial charge on any atom is -0.379 e. The highest BCUT2D eigenvalue weighted by Gasteiger charge is 2.29. The number of hydrogen-bond acceptors (Lipinski definition) is 9. The zero-order chi connectivity index (χ0) is 19.3. The van der Waals surface area contributed by atoms with E-state index in [0.29, 0.717) is 27.8 Å². The Hall–Kier alpha value is -2.28. The van der Waals surface area contributed by atoms with E-state index < -0.39 is 0 Å². The van der Waals surface area contributed by atoms with Gasteiger partial charge in [-0.25, -0.2) is 15.0 Å². The van der Waals surface area contributed by atoms with Crippen molar-refractivity contribution in [2.45, 2.75) is 25.8 Å². The van der Waals surface area contributed by atoms with Crippen LogP contribution in [0.4, 0.5) is 16.8 Å². The summed E-state index contributed by atoms with van der Waals surface area (Å²) in [4.78, 5) is 18.4. The van der Waals surface area contributed by atoms with Crippen molar-refractivity contribution in [3.63, 3.8) is 0 Å². The number of morpholine rings is 1. The van der Waals surface area contributed by atoms with Gasteiger partial charge in [0.1, 0.15) is 28.9 Å². The van der Waals surface area contributed by atoms with Crippen molar-refractivity contribution in [2.24, 2.45) is 5.92 Å². The Morgan fingerprint density at radius 1 is 1.21 bits per heavy atom. The second-order valence-corrected chi connectivity index (χ2v) is 8.27. The first-order valence-corrected chi connectivity index (χ1v) is 10.6. The number of hydrogen-bond donors (Lipinski definition) is 1. The fraction of sp³-hybridized carbons (Fsp3) is 0.579. The zero-order valence-corrected chi connectivity index (χ0v) is 16.9. The van der Waals surface area contributed by atoms with Crippen LogP contribution in [-0.4, -0.2) is 65.3 Å². The molecule has 0 amide bonds. The Labute approximate surface area is 169 Å². The smallest absolute Gasteiger partial charge is 0.189 e. The molecule has 0 saturated carbocycles. The lowest BCUT2D eigenvalue weighted by Crippen LogP contribution is -2.48. The van der Waals surface area contributed by atoms with Crippen LogP contribution in [0, 0.1) is 17.2 Å². The van der Waals surface area contributed by atoms with E-state index in [1.807, 2.05) is 6.07 Å². The van der Waals surface area contributed by atoms with Gasteiger partial charge in [0.15, 0.2) is 5.13 Å². The van der Waals surface area contributed by atoms with Gasteiger partial charge in [0.05, 0.1) is 19.4 Å². The van der Waals surface area contributed by atoms with Crippen LogP contribution in [0.1, 0.15) is 24.6 Å². The number of nitrogens with one attached hydrogen (secondary N) is 1. The number of ether oxygens (including phenoxy) is 1. The van der Waals surface area contributed by atoms with Crippen molar-refractivity contribution in [2.75, 3.05) is 49.6 Å². The molecule has 2 aromatic heterocycles. The molecule has 148 valence electrons. The maximum Gasteiger partial charge on any atom is 0.189 e. The van der Waals surface area contributed by atoms with Crippen LogP contribution >= 0.6 is 11.3 Å². The summed E-state index contributed by atoms with van der Waals surface area (Å²) in [5, 5.41) is 12.8. The van der Waals surface area contributed by atoms with Gasteiger partial charge in [-0.1, -0.05) is 11.3 Å². The number of anilines is 3. The van der Waals surface area contributed by atoms with Gasteiger partial charge in [-0.15, -0.1) is 0 Å². The molecule has 2 fully saturated rings. The molecule has 8 nitrogen and oxygen atoms in total. The summed E-state index contributed by atoms with van der Waals surface area (Å²) in [6.07, 6.45) is 5.49. The Kier molecular flexibility index (Phi) is 6.00. The van der Waals surface area contributed by atoms with Crippen molar-refractivity contribution < 1.29 is 4.74 Å². The number of rotatable bonds is 5. The number of aromatic nitrogens is 3. The number of thiazole rings is 1.